The maximum absolute atomic E-state index is 12.3. The quantitative estimate of drug-likeness (QED) is 0.539. The molecule has 0 saturated carbocycles. The fraction of sp³-hybridized carbons (Fsp3) is 0.700. The summed E-state index contributed by atoms with van der Waals surface area (Å²) in [6.07, 6.45) is 6.88. The van der Waals surface area contributed by atoms with Crippen LogP contribution in [0.3, 0.4) is 0 Å². The maximum Gasteiger partial charge on any atom is 0.290 e. The predicted octanol–water partition coefficient (Wildman–Crippen LogP) is 0.246. The standard InChI is InChI=1S/C19H27N7O3.CH2O2/c1-13-23-24-18(28-13)9-25-8-15-14(16-4-5-19(15,10-25)29-16)7-21-17(27)3-2-6-26-12-20-11-22-26;2-1-3/h11-12,14-16H,2-10H2,1H3,(H,21,27);1H,(H,2,3)/t14-,15+,16+,19+;/m0./s1. The highest BCUT2D eigenvalue weighted by Crippen LogP contribution is 2.54. The monoisotopic (exact) mass is 447 g/mol. The van der Waals surface area contributed by atoms with Crippen molar-refractivity contribution >= 4 is 12.4 Å². The van der Waals surface area contributed by atoms with E-state index in [1.54, 1.807) is 11.0 Å². The van der Waals surface area contributed by atoms with Crippen molar-refractivity contribution in [3.8, 4) is 0 Å². The first-order chi connectivity index (χ1) is 15.5. The van der Waals surface area contributed by atoms with Crippen molar-refractivity contribution in [2.24, 2.45) is 11.8 Å². The molecule has 3 saturated heterocycles. The van der Waals surface area contributed by atoms with Crippen LogP contribution in [0.15, 0.2) is 17.1 Å². The molecule has 5 rings (SSSR count). The van der Waals surface area contributed by atoms with Gasteiger partial charge in [-0.15, -0.1) is 10.2 Å². The first-order valence-corrected chi connectivity index (χ1v) is 10.9. The number of carboxylic acid groups (broad SMARTS) is 1. The molecule has 1 spiro atoms. The summed E-state index contributed by atoms with van der Waals surface area (Å²) in [4.78, 5) is 26.9. The molecule has 2 aromatic rings. The second kappa shape index (κ2) is 9.74. The van der Waals surface area contributed by atoms with Crippen LogP contribution in [-0.4, -0.2) is 78.7 Å². The number of carbonyl (C=O) groups excluding carboxylic acids is 1. The zero-order valence-corrected chi connectivity index (χ0v) is 18.1. The van der Waals surface area contributed by atoms with Crippen molar-refractivity contribution in [1.82, 2.24) is 35.2 Å². The number of amides is 1. The Labute approximate surface area is 185 Å². The van der Waals surface area contributed by atoms with Gasteiger partial charge >= 0.3 is 0 Å². The SMILES string of the molecule is Cc1nnc(CN2C[C@@H]3[C@H](CNC(=O)CCCn4cncn4)[C@H]4CC[C@]3(C2)O4)o1.O=CO. The van der Waals surface area contributed by atoms with Gasteiger partial charge in [0.2, 0.25) is 17.7 Å². The van der Waals surface area contributed by atoms with Crippen molar-refractivity contribution < 1.29 is 23.8 Å². The van der Waals surface area contributed by atoms with Crippen LogP contribution in [-0.2, 0) is 27.4 Å². The Morgan fingerprint density at radius 2 is 2.28 bits per heavy atom. The summed E-state index contributed by atoms with van der Waals surface area (Å²) in [5.41, 5.74) is -0.0672. The molecule has 174 valence electrons. The van der Waals surface area contributed by atoms with Gasteiger partial charge in [-0.2, -0.15) is 5.10 Å². The van der Waals surface area contributed by atoms with Gasteiger partial charge in [0.1, 0.15) is 12.7 Å². The number of nitrogens with zero attached hydrogens (tertiary/aromatic N) is 6. The van der Waals surface area contributed by atoms with E-state index in [0.717, 1.165) is 32.4 Å². The summed E-state index contributed by atoms with van der Waals surface area (Å²) in [5, 5.41) is 22.1. The fourth-order valence-electron chi connectivity index (χ4n) is 5.34. The van der Waals surface area contributed by atoms with E-state index in [9.17, 15) is 4.79 Å². The molecule has 5 heterocycles. The molecule has 0 aliphatic carbocycles. The molecule has 2 N–H and O–H groups in total. The number of aryl methyl sites for hydroxylation is 2. The summed E-state index contributed by atoms with van der Waals surface area (Å²) >= 11 is 0. The van der Waals surface area contributed by atoms with Crippen LogP contribution < -0.4 is 5.32 Å². The largest absolute Gasteiger partial charge is 0.483 e. The van der Waals surface area contributed by atoms with E-state index in [4.69, 9.17) is 19.1 Å². The molecule has 1 amide bonds. The van der Waals surface area contributed by atoms with Crippen molar-refractivity contribution in [3.63, 3.8) is 0 Å². The molecule has 4 atom stereocenters. The minimum absolute atomic E-state index is 0.0672. The summed E-state index contributed by atoms with van der Waals surface area (Å²) in [6.45, 7) is 5.46. The molecule has 0 aromatic carbocycles. The number of nitrogens with one attached hydrogen (secondary N) is 1. The smallest absolute Gasteiger partial charge is 0.290 e. The van der Waals surface area contributed by atoms with Gasteiger partial charge in [-0.1, -0.05) is 0 Å². The predicted molar refractivity (Wildman–Crippen MR) is 109 cm³/mol. The lowest BCUT2D eigenvalue weighted by atomic mass is 9.73. The van der Waals surface area contributed by atoms with Crippen LogP contribution in [0.25, 0.3) is 0 Å². The highest BCUT2D eigenvalue weighted by molar-refractivity contribution is 5.75. The Morgan fingerprint density at radius 3 is 3.00 bits per heavy atom. The van der Waals surface area contributed by atoms with Gasteiger partial charge in [-0.05, 0) is 19.3 Å². The van der Waals surface area contributed by atoms with E-state index in [2.05, 4.69) is 30.5 Å². The minimum Gasteiger partial charge on any atom is -0.483 e. The normalized spacial score (nSPS) is 28.2. The average molecular weight is 447 g/mol. The van der Waals surface area contributed by atoms with Crippen LogP contribution in [0.2, 0.25) is 0 Å². The molecule has 0 unspecified atom stereocenters. The molecule has 3 aliphatic heterocycles. The third-order valence-electron chi connectivity index (χ3n) is 6.57. The number of rotatable bonds is 8. The Bertz CT molecular complexity index is 904. The Kier molecular flexibility index (Phi) is 6.80. The topological polar surface area (TPSA) is 148 Å². The van der Waals surface area contributed by atoms with Crippen LogP contribution in [0.5, 0.6) is 0 Å². The van der Waals surface area contributed by atoms with Gasteiger partial charge in [-0.25, -0.2) is 4.98 Å². The molecule has 2 aromatic heterocycles. The van der Waals surface area contributed by atoms with E-state index in [-0.39, 0.29) is 24.1 Å². The Morgan fingerprint density at radius 1 is 1.44 bits per heavy atom. The van der Waals surface area contributed by atoms with Crippen molar-refractivity contribution in [2.45, 2.75) is 57.4 Å². The van der Waals surface area contributed by atoms with E-state index in [1.165, 1.54) is 6.33 Å². The molecule has 32 heavy (non-hydrogen) atoms. The first kappa shape index (κ1) is 22.3. The van der Waals surface area contributed by atoms with E-state index >= 15 is 0 Å². The number of aromatic nitrogens is 5. The summed E-state index contributed by atoms with van der Waals surface area (Å²) in [5.74, 6) is 2.17. The number of likely N-dealkylation sites (tertiary alicyclic amines) is 1. The lowest BCUT2D eigenvalue weighted by Gasteiger charge is -2.29. The number of ether oxygens (including phenoxy) is 1. The number of hydrogen-bond donors (Lipinski definition) is 2. The van der Waals surface area contributed by atoms with Gasteiger partial charge in [0, 0.05) is 51.4 Å². The molecule has 12 heteroatoms. The number of fused-ring (bicyclic) bond motifs is 1. The molecule has 3 fully saturated rings. The van der Waals surface area contributed by atoms with Crippen LogP contribution in [0.1, 0.15) is 37.5 Å². The number of hydrogen-bond acceptors (Lipinski definition) is 9. The van der Waals surface area contributed by atoms with Crippen molar-refractivity contribution in [3.05, 3.63) is 24.4 Å². The Hall–Kier alpha value is -2.86. The second-order valence-corrected chi connectivity index (χ2v) is 8.59. The molecule has 0 radical (unpaired) electrons. The minimum atomic E-state index is -0.250. The summed E-state index contributed by atoms with van der Waals surface area (Å²) in [7, 11) is 0. The van der Waals surface area contributed by atoms with Crippen LogP contribution in [0.4, 0.5) is 0 Å². The van der Waals surface area contributed by atoms with Gasteiger partial charge in [0.25, 0.3) is 6.47 Å². The van der Waals surface area contributed by atoms with Crippen molar-refractivity contribution in [2.75, 3.05) is 19.6 Å². The average Bonchev–Trinajstić information content (AvgIpc) is 3.55. The third-order valence-corrected chi connectivity index (χ3v) is 6.57. The highest BCUT2D eigenvalue weighted by Gasteiger charge is 2.62. The van der Waals surface area contributed by atoms with E-state index in [1.807, 2.05) is 6.92 Å². The zero-order valence-electron chi connectivity index (χ0n) is 18.1. The van der Waals surface area contributed by atoms with Gasteiger partial charge < -0.3 is 19.6 Å². The van der Waals surface area contributed by atoms with Gasteiger partial charge in [0.05, 0.1) is 18.2 Å². The lowest BCUT2D eigenvalue weighted by Crippen LogP contribution is -2.41. The molecular formula is C20H29N7O5. The van der Waals surface area contributed by atoms with Crippen LogP contribution in [0, 0.1) is 18.8 Å². The van der Waals surface area contributed by atoms with Crippen molar-refractivity contribution in [1.29, 1.82) is 0 Å². The zero-order chi connectivity index (χ0) is 22.6. The molecule has 12 nitrogen and oxygen atoms in total. The fourth-order valence-corrected chi connectivity index (χ4v) is 5.34. The van der Waals surface area contributed by atoms with E-state index in [0.29, 0.717) is 49.7 Å². The summed E-state index contributed by atoms with van der Waals surface area (Å²) < 4.78 is 13.7. The van der Waals surface area contributed by atoms with E-state index < -0.39 is 0 Å². The maximum atomic E-state index is 12.3. The molecular weight excluding hydrogens is 418 g/mol. The summed E-state index contributed by atoms with van der Waals surface area (Å²) in [6, 6.07) is 0. The first-order valence-electron chi connectivity index (χ1n) is 10.9. The lowest BCUT2D eigenvalue weighted by molar-refractivity contribution is -0.123. The van der Waals surface area contributed by atoms with Crippen LogP contribution >= 0.6 is 0 Å². The molecule has 2 bridgehead atoms. The van der Waals surface area contributed by atoms with Gasteiger partial charge in [-0.3, -0.25) is 19.2 Å². The molecule has 3 aliphatic rings. The second-order valence-electron chi connectivity index (χ2n) is 8.59. The third kappa shape index (κ3) is 4.80. The highest BCUT2D eigenvalue weighted by atomic mass is 16.5. The van der Waals surface area contributed by atoms with Gasteiger partial charge in [0.15, 0.2) is 0 Å². The number of carbonyl (C=O) groups is 2. The Balaban J connectivity index is 0.000000775.